The summed E-state index contributed by atoms with van der Waals surface area (Å²) in [5.41, 5.74) is 5.23. The Kier molecular flexibility index (Phi) is 4.12. The van der Waals surface area contributed by atoms with Crippen molar-refractivity contribution >= 4 is 5.91 Å². The number of hydrogen-bond donors (Lipinski definition) is 2. The predicted octanol–water partition coefficient (Wildman–Crippen LogP) is 1.43. The number of carbonyl (C=O) groups excluding carboxylic acids is 1. The van der Waals surface area contributed by atoms with Gasteiger partial charge in [0.25, 0.3) is 5.91 Å². The Morgan fingerprint density at radius 1 is 1.41 bits per heavy atom. The van der Waals surface area contributed by atoms with Gasteiger partial charge in [-0.3, -0.25) is 4.79 Å². The van der Waals surface area contributed by atoms with Crippen LogP contribution in [-0.4, -0.2) is 23.2 Å². The van der Waals surface area contributed by atoms with Gasteiger partial charge in [-0.15, -0.1) is 0 Å². The first kappa shape index (κ1) is 13.5. The van der Waals surface area contributed by atoms with Crippen molar-refractivity contribution in [2.75, 3.05) is 6.61 Å². The second-order valence-corrected chi connectivity index (χ2v) is 4.70. The van der Waals surface area contributed by atoms with Crippen LogP contribution in [0.3, 0.4) is 0 Å². The van der Waals surface area contributed by atoms with Crippen LogP contribution in [0.5, 0.6) is 5.75 Å². The molecule has 0 aliphatic rings. The average molecular weight is 237 g/mol. The number of carbonyl (C=O) groups is 1. The Morgan fingerprint density at radius 3 is 2.35 bits per heavy atom. The normalized spacial score (nSPS) is 13.2. The number of benzene rings is 1. The number of rotatable bonds is 5. The molecule has 3 N–H and O–H groups in total. The Morgan fingerprint density at radius 2 is 1.94 bits per heavy atom. The summed E-state index contributed by atoms with van der Waals surface area (Å²) >= 11 is 0. The zero-order valence-electron chi connectivity index (χ0n) is 10.4. The maximum Gasteiger partial charge on any atom is 0.255 e. The van der Waals surface area contributed by atoms with E-state index in [2.05, 4.69) is 0 Å². The highest BCUT2D eigenvalue weighted by Gasteiger charge is 2.23. The van der Waals surface area contributed by atoms with Crippen molar-refractivity contribution in [2.45, 2.75) is 32.3 Å². The SMILES string of the molecule is CC(c1ccc(OCC(N)=O)cc1)C(C)(C)O. The molecule has 94 valence electrons. The van der Waals surface area contributed by atoms with Crippen molar-refractivity contribution in [3.05, 3.63) is 29.8 Å². The Labute approximate surface area is 101 Å². The zero-order valence-corrected chi connectivity index (χ0v) is 10.4. The van der Waals surface area contributed by atoms with Crippen LogP contribution in [-0.2, 0) is 4.79 Å². The Balaban J connectivity index is 2.71. The third-order valence-corrected chi connectivity index (χ3v) is 2.82. The van der Waals surface area contributed by atoms with Crippen LogP contribution in [0.2, 0.25) is 0 Å². The molecule has 0 aromatic heterocycles. The largest absolute Gasteiger partial charge is 0.484 e. The van der Waals surface area contributed by atoms with Crippen LogP contribution in [0.15, 0.2) is 24.3 Å². The summed E-state index contributed by atoms with van der Waals surface area (Å²) in [7, 11) is 0. The summed E-state index contributed by atoms with van der Waals surface area (Å²) in [6.45, 7) is 5.38. The smallest absolute Gasteiger partial charge is 0.255 e. The van der Waals surface area contributed by atoms with Crippen LogP contribution in [0, 0.1) is 0 Å². The number of ether oxygens (including phenoxy) is 1. The van der Waals surface area contributed by atoms with Gasteiger partial charge in [0, 0.05) is 5.92 Å². The molecule has 0 aliphatic carbocycles. The van der Waals surface area contributed by atoms with E-state index in [1.54, 1.807) is 26.0 Å². The molecule has 17 heavy (non-hydrogen) atoms. The predicted molar refractivity (Wildman–Crippen MR) is 65.8 cm³/mol. The first-order valence-corrected chi connectivity index (χ1v) is 5.54. The lowest BCUT2D eigenvalue weighted by Crippen LogP contribution is -2.26. The van der Waals surface area contributed by atoms with Gasteiger partial charge in [0.1, 0.15) is 5.75 Å². The quantitative estimate of drug-likeness (QED) is 0.813. The minimum Gasteiger partial charge on any atom is -0.484 e. The number of aliphatic hydroxyl groups is 1. The fourth-order valence-electron chi connectivity index (χ4n) is 1.42. The fraction of sp³-hybridized carbons (Fsp3) is 0.462. The van der Waals surface area contributed by atoms with Gasteiger partial charge in [-0.1, -0.05) is 19.1 Å². The second-order valence-electron chi connectivity index (χ2n) is 4.70. The Hall–Kier alpha value is -1.55. The number of primary amides is 1. The highest BCUT2D eigenvalue weighted by molar-refractivity contribution is 5.75. The van der Waals surface area contributed by atoms with E-state index in [4.69, 9.17) is 10.5 Å². The molecule has 1 unspecified atom stereocenters. The first-order valence-electron chi connectivity index (χ1n) is 5.54. The van der Waals surface area contributed by atoms with Gasteiger partial charge in [-0.05, 0) is 31.5 Å². The van der Waals surface area contributed by atoms with Crippen LogP contribution >= 0.6 is 0 Å². The van der Waals surface area contributed by atoms with E-state index < -0.39 is 11.5 Å². The molecule has 1 atom stereocenters. The zero-order chi connectivity index (χ0) is 13.1. The van der Waals surface area contributed by atoms with Gasteiger partial charge in [0.2, 0.25) is 0 Å². The molecular formula is C13H19NO3. The number of hydrogen-bond acceptors (Lipinski definition) is 3. The lowest BCUT2D eigenvalue weighted by molar-refractivity contribution is -0.119. The molecular weight excluding hydrogens is 218 g/mol. The molecule has 1 aromatic rings. The molecule has 0 bridgehead atoms. The van der Waals surface area contributed by atoms with Crippen molar-refractivity contribution in [1.82, 2.24) is 0 Å². The molecule has 4 nitrogen and oxygen atoms in total. The van der Waals surface area contributed by atoms with Crippen molar-refractivity contribution in [3.63, 3.8) is 0 Å². The summed E-state index contributed by atoms with van der Waals surface area (Å²) < 4.78 is 5.15. The van der Waals surface area contributed by atoms with E-state index in [0.717, 1.165) is 5.56 Å². The summed E-state index contributed by atoms with van der Waals surface area (Å²) in [5, 5.41) is 9.89. The maximum absolute atomic E-state index is 10.5. The van der Waals surface area contributed by atoms with Crippen molar-refractivity contribution < 1.29 is 14.6 Å². The van der Waals surface area contributed by atoms with E-state index in [1.165, 1.54) is 0 Å². The third kappa shape index (κ3) is 4.07. The van der Waals surface area contributed by atoms with Gasteiger partial charge in [0.15, 0.2) is 6.61 Å². The fourth-order valence-corrected chi connectivity index (χ4v) is 1.42. The number of nitrogens with two attached hydrogens (primary N) is 1. The molecule has 1 rings (SSSR count). The van der Waals surface area contributed by atoms with Crippen LogP contribution in [0.1, 0.15) is 32.3 Å². The molecule has 4 heteroatoms. The first-order chi connectivity index (χ1) is 7.80. The van der Waals surface area contributed by atoms with Crippen molar-refractivity contribution in [1.29, 1.82) is 0 Å². The van der Waals surface area contributed by atoms with Crippen molar-refractivity contribution in [2.24, 2.45) is 5.73 Å². The molecule has 0 fully saturated rings. The Bertz CT molecular complexity index is 379. The highest BCUT2D eigenvalue weighted by Crippen LogP contribution is 2.28. The van der Waals surface area contributed by atoms with E-state index in [1.807, 2.05) is 19.1 Å². The lowest BCUT2D eigenvalue weighted by atomic mass is 9.86. The van der Waals surface area contributed by atoms with E-state index in [9.17, 15) is 9.90 Å². The molecule has 0 saturated carbocycles. The van der Waals surface area contributed by atoms with Crippen LogP contribution in [0.4, 0.5) is 0 Å². The van der Waals surface area contributed by atoms with Gasteiger partial charge in [-0.25, -0.2) is 0 Å². The molecule has 0 aliphatic heterocycles. The molecule has 0 spiro atoms. The average Bonchev–Trinajstić information content (AvgIpc) is 2.25. The third-order valence-electron chi connectivity index (χ3n) is 2.82. The molecule has 0 heterocycles. The van der Waals surface area contributed by atoms with E-state index in [-0.39, 0.29) is 12.5 Å². The lowest BCUT2D eigenvalue weighted by Gasteiger charge is -2.26. The maximum atomic E-state index is 10.5. The monoisotopic (exact) mass is 237 g/mol. The standard InChI is InChI=1S/C13H19NO3/c1-9(13(2,3)16)10-4-6-11(7-5-10)17-8-12(14)15/h4-7,9,16H,8H2,1-3H3,(H2,14,15). The summed E-state index contributed by atoms with van der Waals surface area (Å²) in [6.07, 6.45) is 0. The molecule has 1 aromatic carbocycles. The minimum absolute atomic E-state index is 0.0210. The van der Waals surface area contributed by atoms with E-state index >= 15 is 0 Å². The summed E-state index contributed by atoms with van der Waals surface area (Å²) in [5.74, 6) is 0.113. The van der Waals surface area contributed by atoms with Crippen LogP contribution in [0.25, 0.3) is 0 Å². The number of amides is 1. The summed E-state index contributed by atoms with van der Waals surface area (Å²) in [6, 6.07) is 7.28. The van der Waals surface area contributed by atoms with Gasteiger partial charge < -0.3 is 15.6 Å². The topological polar surface area (TPSA) is 72.5 Å². The van der Waals surface area contributed by atoms with Gasteiger partial charge in [-0.2, -0.15) is 0 Å². The minimum atomic E-state index is -0.768. The van der Waals surface area contributed by atoms with E-state index in [0.29, 0.717) is 5.75 Å². The second kappa shape index (κ2) is 5.19. The molecule has 1 amide bonds. The molecule has 0 radical (unpaired) electrons. The summed E-state index contributed by atoms with van der Waals surface area (Å²) in [4.78, 5) is 10.5. The molecule has 0 saturated heterocycles. The highest BCUT2D eigenvalue weighted by atomic mass is 16.5. The van der Waals surface area contributed by atoms with Crippen molar-refractivity contribution in [3.8, 4) is 5.75 Å². The van der Waals surface area contributed by atoms with Gasteiger partial charge >= 0.3 is 0 Å². The van der Waals surface area contributed by atoms with Crippen LogP contribution < -0.4 is 10.5 Å². The van der Waals surface area contributed by atoms with Gasteiger partial charge in [0.05, 0.1) is 5.60 Å².